The minimum atomic E-state index is -0.491. The molecule has 21 heavy (non-hydrogen) atoms. The molecule has 0 fully saturated rings. The molecule has 1 amide bonds. The van der Waals surface area contributed by atoms with Gasteiger partial charge in [0, 0.05) is 19.3 Å². The highest BCUT2D eigenvalue weighted by Crippen LogP contribution is 2.07. The molecule has 0 unspecified atom stereocenters. The standard InChI is InChI=1S/C15H27N3O3/c1-12(2)10-20-7-6-18-11-16-8-13(18)9-17-14(19)21-15(3,4)5/h8,11-12H,6-7,9-10H2,1-5H3,(H,17,19). The lowest BCUT2D eigenvalue weighted by Crippen LogP contribution is -2.32. The highest BCUT2D eigenvalue weighted by Gasteiger charge is 2.16. The van der Waals surface area contributed by atoms with Gasteiger partial charge in [-0.1, -0.05) is 13.8 Å². The molecule has 0 aliphatic rings. The normalized spacial score (nSPS) is 11.7. The van der Waals surface area contributed by atoms with Crippen molar-refractivity contribution < 1.29 is 14.3 Å². The van der Waals surface area contributed by atoms with Crippen molar-refractivity contribution >= 4 is 6.09 Å². The first-order valence-electron chi connectivity index (χ1n) is 7.31. The lowest BCUT2D eigenvalue weighted by molar-refractivity contribution is 0.0522. The minimum Gasteiger partial charge on any atom is -0.444 e. The van der Waals surface area contributed by atoms with Crippen LogP contribution in [0.25, 0.3) is 0 Å². The van der Waals surface area contributed by atoms with Gasteiger partial charge in [-0.3, -0.25) is 0 Å². The van der Waals surface area contributed by atoms with E-state index in [4.69, 9.17) is 9.47 Å². The molecular weight excluding hydrogens is 270 g/mol. The number of imidazole rings is 1. The topological polar surface area (TPSA) is 65.4 Å². The van der Waals surface area contributed by atoms with E-state index >= 15 is 0 Å². The minimum absolute atomic E-state index is 0.388. The van der Waals surface area contributed by atoms with Crippen LogP contribution in [-0.4, -0.2) is 34.5 Å². The molecule has 1 rings (SSSR count). The first-order valence-corrected chi connectivity index (χ1v) is 7.31. The Morgan fingerprint density at radius 1 is 1.43 bits per heavy atom. The van der Waals surface area contributed by atoms with Gasteiger partial charge in [0.2, 0.25) is 0 Å². The van der Waals surface area contributed by atoms with Crippen LogP contribution in [0.5, 0.6) is 0 Å². The molecule has 120 valence electrons. The molecular formula is C15H27N3O3. The number of carbonyl (C=O) groups excluding carboxylic acids is 1. The van der Waals surface area contributed by atoms with Gasteiger partial charge in [0.05, 0.1) is 25.2 Å². The summed E-state index contributed by atoms with van der Waals surface area (Å²) in [5, 5.41) is 2.73. The number of hydrogen-bond acceptors (Lipinski definition) is 4. The number of ether oxygens (including phenoxy) is 2. The predicted molar refractivity (Wildman–Crippen MR) is 81.0 cm³/mol. The third-order valence-corrected chi connectivity index (χ3v) is 2.54. The smallest absolute Gasteiger partial charge is 0.407 e. The van der Waals surface area contributed by atoms with E-state index in [1.165, 1.54) is 0 Å². The summed E-state index contributed by atoms with van der Waals surface area (Å²) in [6.07, 6.45) is 3.05. The van der Waals surface area contributed by atoms with Crippen LogP contribution in [0.15, 0.2) is 12.5 Å². The zero-order valence-corrected chi connectivity index (χ0v) is 13.7. The molecule has 0 aromatic carbocycles. The van der Waals surface area contributed by atoms with Gasteiger partial charge >= 0.3 is 6.09 Å². The molecule has 1 heterocycles. The Bertz CT molecular complexity index is 436. The van der Waals surface area contributed by atoms with Crippen molar-refractivity contribution in [3.05, 3.63) is 18.2 Å². The Labute approximate surface area is 126 Å². The fraction of sp³-hybridized carbons (Fsp3) is 0.733. The number of carbonyl (C=O) groups is 1. The SMILES string of the molecule is CC(C)COCCn1cncc1CNC(=O)OC(C)(C)C. The maximum atomic E-state index is 11.6. The van der Waals surface area contributed by atoms with Crippen molar-refractivity contribution in [3.8, 4) is 0 Å². The molecule has 0 atom stereocenters. The first kappa shape index (κ1) is 17.5. The average molecular weight is 297 g/mol. The monoisotopic (exact) mass is 297 g/mol. The Hall–Kier alpha value is -1.56. The molecule has 0 aliphatic heterocycles. The van der Waals surface area contributed by atoms with Crippen molar-refractivity contribution in [3.63, 3.8) is 0 Å². The second-order valence-electron chi connectivity index (χ2n) is 6.40. The second kappa shape index (κ2) is 8.02. The summed E-state index contributed by atoms with van der Waals surface area (Å²) in [5.74, 6) is 0.529. The number of alkyl carbamates (subject to hydrolysis) is 1. The molecule has 0 saturated carbocycles. The molecule has 0 spiro atoms. The van der Waals surface area contributed by atoms with Crippen LogP contribution in [0.3, 0.4) is 0 Å². The van der Waals surface area contributed by atoms with Crippen LogP contribution < -0.4 is 5.32 Å². The van der Waals surface area contributed by atoms with Gasteiger partial charge in [0.15, 0.2) is 0 Å². The predicted octanol–water partition coefficient (Wildman–Crippen LogP) is 2.58. The van der Waals surface area contributed by atoms with Crippen LogP contribution in [0.2, 0.25) is 0 Å². The van der Waals surface area contributed by atoms with E-state index in [2.05, 4.69) is 24.1 Å². The van der Waals surface area contributed by atoms with Crippen LogP contribution >= 0.6 is 0 Å². The highest BCUT2D eigenvalue weighted by molar-refractivity contribution is 5.67. The molecule has 6 nitrogen and oxygen atoms in total. The molecule has 0 bridgehead atoms. The summed E-state index contributed by atoms with van der Waals surface area (Å²) < 4.78 is 12.7. The first-order chi connectivity index (χ1) is 9.78. The van der Waals surface area contributed by atoms with Crippen LogP contribution in [0.1, 0.15) is 40.3 Å². The molecule has 0 aliphatic carbocycles. The maximum absolute atomic E-state index is 11.6. The van der Waals surface area contributed by atoms with Crippen LogP contribution in [0, 0.1) is 5.92 Å². The molecule has 0 saturated heterocycles. The van der Waals surface area contributed by atoms with Crippen LogP contribution in [0.4, 0.5) is 4.79 Å². The van der Waals surface area contributed by atoms with Crippen molar-refractivity contribution in [1.29, 1.82) is 0 Å². The van der Waals surface area contributed by atoms with Crippen LogP contribution in [-0.2, 0) is 22.6 Å². The number of hydrogen-bond donors (Lipinski definition) is 1. The van der Waals surface area contributed by atoms with Gasteiger partial charge in [-0.05, 0) is 26.7 Å². The van der Waals surface area contributed by atoms with E-state index < -0.39 is 11.7 Å². The number of aromatic nitrogens is 2. The summed E-state index contributed by atoms with van der Waals surface area (Å²) in [6.45, 7) is 12.2. The van der Waals surface area contributed by atoms with E-state index in [0.717, 1.165) is 18.8 Å². The number of rotatable bonds is 7. The van der Waals surface area contributed by atoms with E-state index in [9.17, 15) is 4.79 Å². The van der Waals surface area contributed by atoms with Gasteiger partial charge < -0.3 is 19.4 Å². The maximum Gasteiger partial charge on any atom is 0.407 e. The molecule has 0 radical (unpaired) electrons. The average Bonchev–Trinajstić information content (AvgIpc) is 2.77. The largest absolute Gasteiger partial charge is 0.444 e. The third-order valence-electron chi connectivity index (χ3n) is 2.54. The van der Waals surface area contributed by atoms with Gasteiger partial charge in [0.1, 0.15) is 5.60 Å². The Morgan fingerprint density at radius 2 is 2.14 bits per heavy atom. The van der Waals surface area contributed by atoms with Gasteiger partial charge in [-0.2, -0.15) is 0 Å². The Balaban J connectivity index is 2.36. The summed E-state index contributed by atoms with van der Waals surface area (Å²) in [5.41, 5.74) is 0.434. The second-order valence-corrected chi connectivity index (χ2v) is 6.40. The lowest BCUT2D eigenvalue weighted by Gasteiger charge is -2.19. The lowest BCUT2D eigenvalue weighted by atomic mass is 10.2. The summed E-state index contributed by atoms with van der Waals surface area (Å²) in [7, 11) is 0. The summed E-state index contributed by atoms with van der Waals surface area (Å²) in [4.78, 5) is 15.7. The van der Waals surface area contributed by atoms with Crippen molar-refractivity contribution in [2.75, 3.05) is 13.2 Å². The third kappa shape index (κ3) is 7.70. The molecule has 1 N–H and O–H groups in total. The number of amides is 1. The molecule has 6 heteroatoms. The number of nitrogens with one attached hydrogen (secondary N) is 1. The fourth-order valence-electron chi connectivity index (χ4n) is 1.66. The summed E-state index contributed by atoms with van der Waals surface area (Å²) in [6, 6.07) is 0. The van der Waals surface area contributed by atoms with E-state index in [-0.39, 0.29) is 0 Å². The van der Waals surface area contributed by atoms with E-state index in [1.54, 1.807) is 12.5 Å². The van der Waals surface area contributed by atoms with Gasteiger partial charge in [-0.25, -0.2) is 9.78 Å². The fourth-order valence-corrected chi connectivity index (χ4v) is 1.66. The van der Waals surface area contributed by atoms with E-state index in [1.807, 2.05) is 25.3 Å². The number of nitrogens with zero attached hydrogens (tertiary/aromatic N) is 2. The van der Waals surface area contributed by atoms with Gasteiger partial charge in [0.25, 0.3) is 0 Å². The summed E-state index contributed by atoms with van der Waals surface area (Å²) >= 11 is 0. The van der Waals surface area contributed by atoms with Gasteiger partial charge in [-0.15, -0.1) is 0 Å². The zero-order chi connectivity index (χ0) is 15.9. The van der Waals surface area contributed by atoms with E-state index in [0.29, 0.717) is 19.1 Å². The zero-order valence-electron chi connectivity index (χ0n) is 13.7. The Morgan fingerprint density at radius 3 is 2.76 bits per heavy atom. The van der Waals surface area contributed by atoms with Crippen molar-refractivity contribution in [1.82, 2.24) is 14.9 Å². The van der Waals surface area contributed by atoms with Crippen molar-refractivity contribution in [2.24, 2.45) is 5.92 Å². The van der Waals surface area contributed by atoms with Crippen molar-refractivity contribution in [2.45, 2.75) is 53.3 Å². The Kier molecular flexibility index (Phi) is 6.68. The quantitative estimate of drug-likeness (QED) is 0.786. The molecule has 1 aromatic rings. The molecule has 1 aromatic heterocycles. The highest BCUT2D eigenvalue weighted by atomic mass is 16.6.